The molecule has 10 heteroatoms. The number of thiazole rings is 1. The van der Waals surface area contributed by atoms with E-state index in [4.69, 9.17) is 9.73 Å². The van der Waals surface area contributed by atoms with Gasteiger partial charge in [-0.1, -0.05) is 22.0 Å². The summed E-state index contributed by atoms with van der Waals surface area (Å²) in [4.78, 5) is 23.1. The van der Waals surface area contributed by atoms with E-state index in [0.29, 0.717) is 39.6 Å². The summed E-state index contributed by atoms with van der Waals surface area (Å²) in [6, 6.07) is 3.28. The molecule has 7 nitrogen and oxygen atoms in total. The van der Waals surface area contributed by atoms with Crippen molar-refractivity contribution in [2.75, 3.05) is 26.7 Å². The molecule has 158 valence electrons. The quantitative estimate of drug-likeness (QED) is 0.664. The van der Waals surface area contributed by atoms with Crippen molar-refractivity contribution in [3.8, 4) is 0 Å². The number of benzene rings is 1. The van der Waals surface area contributed by atoms with E-state index >= 15 is 0 Å². The number of carboxylic acids is 1. The Balaban J connectivity index is 1.85. The van der Waals surface area contributed by atoms with Crippen LogP contribution in [0.4, 0.5) is 4.39 Å². The fourth-order valence-electron chi connectivity index (χ4n) is 3.74. The summed E-state index contributed by atoms with van der Waals surface area (Å²) < 4.78 is 20.0. The lowest BCUT2D eigenvalue weighted by Crippen LogP contribution is -2.89. The van der Waals surface area contributed by atoms with Gasteiger partial charge in [0.1, 0.15) is 24.5 Å². The van der Waals surface area contributed by atoms with Crippen molar-refractivity contribution in [2.24, 2.45) is 4.99 Å². The van der Waals surface area contributed by atoms with Gasteiger partial charge in [0, 0.05) is 40.8 Å². The zero-order valence-corrected chi connectivity index (χ0v) is 18.6. The number of hydrogen-bond donors (Lipinski definition) is 1. The van der Waals surface area contributed by atoms with Gasteiger partial charge in [0.2, 0.25) is 0 Å². The number of carbonyl (C=O) groups is 1. The number of hydrogen-bond acceptors (Lipinski definition) is 7. The molecule has 0 radical (unpaired) electrons. The Hall–Kier alpha value is -2.14. The number of morpholine rings is 1. The van der Waals surface area contributed by atoms with Crippen LogP contribution in [-0.2, 0) is 9.53 Å². The smallest absolute Gasteiger partial charge is 0.165 e. The first-order valence-corrected chi connectivity index (χ1v) is 11.2. The predicted octanol–water partition coefficient (Wildman–Crippen LogP) is 0.834. The molecule has 1 saturated heterocycles. The number of aliphatic imine (C=N–C) groups is 1. The van der Waals surface area contributed by atoms with Crippen molar-refractivity contribution >= 4 is 39.1 Å². The van der Waals surface area contributed by atoms with E-state index in [1.54, 1.807) is 24.2 Å². The number of carbonyl (C=O) groups excluding carboxylic acids is 1. The van der Waals surface area contributed by atoms with E-state index in [0.717, 1.165) is 13.1 Å². The van der Waals surface area contributed by atoms with Crippen LogP contribution >= 0.6 is 27.3 Å². The fourth-order valence-corrected chi connectivity index (χ4v) is 4.98. The third kappa shape index (κ3) is 4.18. The molecule has 3 heterocycles. The Kier molecular flexibility index (Phi) is 6.28. The highest BCUT2D eigenvalue weighted by atomic mass is 79.9. The molecule has 1 fully saturated rings. The van der Waals surface area contributed by atoms with Crippen molar-refractivity contribution < 1.29 is 24.3 Å². The van der Waals surface area contributed by atoms with Gasteiger partial charge in [-0.3, -0.25) is 4.99 Å². The molecule has 2 aliphatic heterocycles. The molecule has 4 rings (SSSR count). The van der Waals surface area contributed by atoms with Crippen LogP contribution in [-0.4, -0.2) is 54.5 Å². The maximum absolute atomic E-state index is 13.7. The van der Waals surface area contributed by atoms with Crippen LogP contribution in [0.2, 0.25) is 0 Å². The van der Waals surface area contributed by atoms with E-state index in [1.165, 1.54) is 23.5 Å². The molecule has 1 aromatic carbocycles. The average Bonchev–Trinajstić information content (AvgIpc) is 3.24. The van der Waals surface area contributed by atoms with E-state index < -0.39 is 17.8 Å². The first kappa shape index (κ1) is 21.1. The van der Waals surface area contributed by atoms with E-state index in [2.05, 4.69) is 26.2 Å². The van der Waals surface area contributed by atoms with Crippen LogP contribution < -0.4 is 10.4 Å². The molecule has 2 unspecified atom stereocenters. The molecule has 0 saturated carbocycles. The molecule has 0 aliphatic carbocycles. The Morgan fingerprint density at radius 1 is 1.50 bits per heavy atom. The SMILES string of the molecule is CN1C(c2nccs2)=NC(c2ccc(F)cc2Br)C(C(=O)[O-])=C1CC1C[NH2+]CCO1. The van der Waals surface area contributed by atoms with Gasteiger partial charge >= 0.3 is 0 Å². The van der Waals surface area contributed by atoms with Gasteiger partial charge in [-0.15, -0.1) is 11.3 Å². The van der Waals surface area contributed by atoms with Gasteiger partial charge in [0.25, 0.3) is 0 Å². The molecule has 1 aromatic heterocycles. The third-order valence-electron chi connectivity index (χ3n) is 5.19. The molecule has 2 aromatic rings. The zero-order valence-electron chi connectivity index (χ0n) is 16.2. The largest absolute Gasteiger partial charge is 0.545 e. The highest BCUT2D eigenvalue weighted by Gasteiger charge is 2.34. The number of carboxylic acid groups (broad SMARTS) is 1. The van der Waals surface area contributed by atoms with Gasteiger partial charge in [-0.25, -0.2) is 9.37 Å². The van der Waals surface area contributed by atoms with Crippen molar-refractivity contribution in [2.45, 2.75) is 18.6 Å². The summed E-state index contributed by atoms with van der Waals surface area (Å²) in [7, 11) is 1.78. The lowest BCUT2D eigenvalue weighted by molar-refractivity contribution is -0.677. The van der Waals surface area contributed by atoms with Crippen molar-refractivity contribution in [3.05, 3.63) is 61.9 Å². The second kappa shape index (κ2) is 8.93. The standard InChI is InChI=1S/C20H20BrFN4O3S/c1-26-15(9-12-10-23-4-6-29-12)16(20(27)28)17(13-3-2-11(22)8-14(13)21)25-18(26)19-24-5-7-30-19/h2-3,5,7-8,12,17,23H,4,6,9-10H2,1H3,(H,27,28). The minimum atomic E-state index is -1.31. The maximum atomic E-state index is 13.7. The number of rotatable bonds is 5. The lowest BCUT2D eigenvalue weighted by Gasteiger charge is -2.36. The summed E-state index contributed by atoms with van der Waals surface area (Å²) in [5, 5.41) is 17.0. The Morgan fingerprint density at radius 2 is 2.33 bits per heavy atom. The zero-order chi connectivity index (χ0) is 21.3. The molecule has 2 atom stereocenters. The maximum Gasteiger partial charge on any atom is 0.165 e. The average molecular weight is 495 g/mol. The minimum absolute atomic E-state index is 0.0549. The summed E-state index contributed by atoms with van der Waals surface area (Å²) >= 11 is 4.78. The number of aliphatic carboxylic acids is 1. The second-order valence-corrected chi connectivity index (χ2v) is 8.82. The minimum Gasteiger partial charge on any atom is -0.545 e. The Bertz CT molecular complexity index is 1010. The van der Waals surface area contributed by atoms with Crippen LogP contribution in [0, 0.1) is 5.82 Å². The second-order valence-electron chi connectivity index (χ2n) is 7.08. The lowest BCUT2D eigenvalue weighted by atomic mass is 9.93. The molecule has 2 aliphatic rings. The monoisotopic (exact) mass is 494 g/mol. The summed E-state index contributed by atoms with van der Waals surface area (Å²) in [5.41, 5.74) is 1.17. The number of ether oxygens (including phenoxy) is 1. The summed E-state index contributed by atoms with van der Waals surface area (Å²) in [6.07, 6.45) is 1.95. The van der Waals surface area contributed by atoms with Gasteiger partial charge in [-0.05, 0) is 17.7 Å². The molecular formula is C20H20BrFN4O3S. The highest BCUT2D eigenvalue weighted by Crippen LogP contribution is 2.39. The van der Waals surface area contributed by atoms with Crippen LogP contribution in [0.5, 0.6) is 0 Å². The highest BCUT2D eigenvalue weighted by molar-refractivity contribution is 9.10. The third-order valence-corrected chi connectivity index (χ3v) is 6.64. The Morgan fingerprint density at radius 3 is 2.97 bits per heavy atom. The van der Waals surface area contributed by atoms with Crippen LogP contribution in [0.15, 0.2) is 50.5 Å². The Labute approximate surface area is 185 Å². The van der Waals surface area contributed by atoms with Crippen molar-refractivity contribution in [3.63, 3.8) is 0 Å². The van der Waals surface area contributed by atoms with Crippen LogP contribution in [0.25, 0.3) is 0 Å². The van der Waals surface area contributed by atoms with Gasteiger partial charge < -0.3 is 24.9 Å². The number of nitrogens with zero attached hydrogens (tertiary/aromatic N) is 3. The topological polar surface area (TPSA) is 94.5 Å². The van der Waals surface area contributed by atoms with Gasteiger partial charge in [0.15, 0.2) is 10.8 Å². The number of aromatic nitrogens is 1. The molecule has 0 amide bonds. The molecule has 0 spiro atoms. The fraction of sp³-hybridized carbons (Fsp3) is 0.350. The molecule has 30 heavy (non-hydrogen) atoms. The van der Waals surface area contributed by atoms with Crippen LogP contribution in [0.1, 0.15) is 23.0 Å². The van der Waals surface area contributed by atoms with Crippen LogP contribution in [0.3, 0.4) is 0 Å². The predicted molar refractivity (Wildman–Crippen MR) is 111 cm³/mol. The van der Waals surface area contributed by atoms with E-state index in [-0.39, 0.29) is 11.7 Å². The number of nitrogens with two attached hydrogens (primary N) is 1. The number of amidine groups is 1. The normalized spacial score (nSPS) is 22.2. The molecular weight excluding hydrogens is 475 g/mol. The molecule has 0 bridgehead atoms. The van der Waals surface area contributed by atoms with E-state index in [1.807, 2.05) is 5.38 Å². The number of halogens is 2. The summed E-state index contributed by atoms with van der Waals surface area (Å²) in [6.45, 7) is 2.24. The molecule has 2 N–H and O–H groups in total. The van der Waals surface area contributed by atoms with Gasteiger partial charge in [-0.2, -0.15) is 0 Å². The van der Waals surface area contributed by atoms with Crippen molar-refractivity contribution in [1.29, 1.82) is 0 Å². The first-order chi connectivity index (χ1) is 14.5. The number of quaternary nitrogens is 1. The summed E-state index contributed by atoms with van der Waals surface area (Å²) in [5.74, 6) is -1.17. The van der Waals surface area contributed by atoms with Gasteiger partial charge in [0.05, 0.1) is 19.1 Å². The van der Waals surface area contributed by atoms with Crippen molar-refractivity contribution in [1.82, 2.24) is 9.88 Å². The first-order valence-electron chi connectivity index (χ1n) is 9.49. The van der Waals surface area contributed by atoms with E-state index in [9.17, 15) is 14.3 Å².